The maximum Gasteiger partial charge on any atom is 0.407 e. The molecule has 0 spiro atoms. The SMILES string of the molecule is C[C@H](NC(=O)OCc1ccccc1)C1OC=CO1. The van der Waals surface area contributed by atoms with E-state index in [1.807, 2.05) is 30.3 Å². The normalized spacial score (nSPS) is 15.6. The summed E-state index contributed by atoms with van der Waals surface area (Å²) >= 11 is 0. The molecule has 5 heteroatoms. The van der Waals surface area contributed by atoms with Gasteiger partial charge in [-0.3, -0.25) is 0 Å². The number of alkyl carbamates (subject to hydrolysis) is 1. The van der Waals surface area contributed by atoms with Gasteiger partial charge in [-0.1, -0.05) is 30.3 Å². The molecule has 96 valence electrons. The van der Waals surface area contributed by atoms with E-state index in [-0.39, 0.29) is 12.6 Å². The summed E-state index contributed by atoms with van der Waals surface area (Å²) in [4.78, 5) is 11.5. The minimum atomic E-state index is -0.495. The summed E-state index contributed by atoms with van der Waals surface area (Å²) in [5.74, 6) is 0. The van der Waals surface area contributed by atoms with Crippen molar-refractivity contribution in [2.24, 2.45) is 0 Å². The molecule has 0 bridgehead atoms. The average Bonchev–Trinajstić information content (AvgIpc) is 2.91. The Labute approximate surface area is 105 Å². The third-order valence-corrected chi connectivity index (χ3v) is 2.45. The molecule has 1 heterocycles. The summed E-state index contributed by atoms with van der Waals surface area (Å²) in [5.41, 5.74) is 0.940. The van der Waals surface area contributed by atoms with Crippen molar-refractivity contribution in [1.29, 1.82) is 0 Å². The van der Waals surface area contributed by atoms with Gasteiger partial charge in [0.2, 0.25) is 0 Å². The Morgan fingerprint density at radius 3 is 2.67 bits per heavy atom. The average molecular weight is 249 g/mol. The molecule has 1 atom stereocenters. The lowest BCUT2D eigenvalue weighted by Crippen LogP contribution is -2.41. The molecule has 1 aliphatic rings. The van der Waals surface area contributed by atoms with E-state index in [1.54, 1.807) is 6.92 Å². The van der Waals surface area contributed by atoms with Gasteiger partial charge in [-0.2, -0.15) is 0 Å². The quantitative estimate of drug-likeness (QED) is 0.888. The van der Waals surface area contributed by atoms with Crippen molar-refractivity contribution in [2.75, 3.05) is 0 Å². The van der Waals surface area contributed by atoms with Gasteiger partial charge in [0, 0.05) is 0 Å². The van der Waals surface area contributed by atoms with E-state index in [0.717, 1.165) is 5.56 Å². The molecule has 0 saturated heterocycles. The fourth-order valence-electron chi connectivity index (χ4n) is 1.51. The second-order valence-corrected chi connectivity index (χ2v) is 3.91. The number of nitrogens with one attached hydrogen (secondary N) is 1. The van der Waals surface area contributed by atoms with E-state index in [9.17, 15) is 4.79 Å². The molecule has 1 aliphatic heterocycles. The second kappa shape index (κ2) is 5.95. The molecule has 0 radical (unpaired) electrons. The Balaban J connectivity index is 1.72. The zero-order valence-corrected chi connectivity index (χ0v) is 10.0. The molecule has 2 rings (SSSR count). The van der Waals surface area contributed by atoms with Gasteiger partial charge in [0.25, 0.3) is 6.29 Å². The molecule has 5 nitrogen and oxygen atoms in total. The largest absolute Gasteiger partial charge is 0.457 e. The van der Waals surface area contributed by atoms with Crippen molar-refractivity contribution in [1.82, 2.24) is 5.32 Å². The number of carbonyl (C=O) groups is 1. The van der Waals surface area contributed by atoms with Gasteiger partial charge in [-0.05, 0) is 12.5 Å². The van der Waals surface area contributed by atoms with Crippen LogP contribution in [0.1, 0.15) is 12.5 Å². The summed E-state index contributed by atoms with van der Waals surface area (Å²) in [6, 6.07) is 9.19. The highest BCUT2D eigenvalue weighted by Gasteiger charge is 2.23. The highest BCUT2D eigenvalue weighted by molar-refractivity contribution is 5.67. The van der Waals surface area contributed by atoms with E-state index in [1.165, 1.54) is 12.5 Å². The van der Waals surface area contributed by atoms with E-state index in [2.05, 4.69) is 5.32 Å². The molecule has 0 aliphatic carbocycles. The molecule has 0 saturated carbocycles. The van der Waals surface area contributed by atoms with Gasteiger partial charge in [0.1, 0.15) is 25.2 Å². The van der Waals surface area contributed by atoms with E-state index >= 15 is 0 Å². The molecule has 1 aromatic carbocycles. The molecule has 18 heavy (non-hydrogen) atoms. The van der Waals surface area contributed by atoms with Crippen LogP contribution in [0, 0.1) is 0 Å². The standard InChI is InChI=1S/C13H15NO4/c1-10(12-16-7-8-17-12)14-13(15)18-9-11-5-3-2-4-6-11/h2-8,10,12H,9H2,1H3,(H,14,15)/t10-/m0/s1. The van der Waals surface area contributed by atoms with Crippen molar-refractivity contribution in [3.8, 4) is 0 Å². The topological polar surface area (TPSA) is 56.8 Å². The van der Waals surface area contributed by atoms with Gasteiger partial charge in [-0.25, -0.2) is 4.79 Å². The fourth-order valence-corrected chi connectivity index (χ4v) is 1.51. The predicted molar refractivity (Wildman–Crippen MR) is 64.3 cm³/mol. The van der Waals surface area contributed by atoms with Crippen LogP contribution < -0.4 is 5.32 Å². The highest BCUT2D eigenvalue weighted by atomic mass is 16.7. The fraction of sp³-hybridized carbons (Fsp3) is 0.308. The molecular weight excluding hydrogens is 234 g/mol. The van der Waals surface area contributed by atoms with Crippen molar-refractivity contribution in [2.45, 2.75) is 25.9 Å². The highest BCUT2D eigenvalue weighted by Crippen LogP contribution is 2.09. The first kappa shape index (κ1) is 12.3. The Hall–Kier alpha value is -2.17. The Kier molecular flexibility index (Phi) is 4.06. The van der Waals surface area contributed by atoms with Crippen LogP contribution >= 0.6 is 0 Å². The van der Waals surface area contributed by atoms with E-state index < -0.39 is 12.4 Å². The van der Waals surface area contributed by atoms with Gasteiger partial charge < -0.3 is 19.5 Å². The van der Waals surface area contributed by atoms with E-state index in [0.29, 0.717) is 0 Å². The zero-order valence-electron chi connectivity index (χ0n) is 10.0. The number of rotatable bonds is 4. The van der Waals surface area contributed by atoms with Crippen LogP contribution in [-0.4, -0.2) is 18.4 Å². The Morgan fingerprint density at radius 2 is 2.00 bits per heavy atom. The number of ether oxygens (including phenoxy) is 3. The number of hydrogen-bond donors (Lipinski definition) is 1. The number of amides is 1. The Bertz CT molecular complexity index is 410. The maximum atomic E-state index is 11.5. The van der Waals surface area contributed by atoms with Crippen LogP contribution in [0.4, 0.5) is 4.79 Å². The summed E-state index contributed by atoms with van der Waals surface area (Å²) < 4.78 is 15.3. The first-order valence-electron chi connectivity index (χ1n) is 5.69. The minimum absolute atomic E-state index is 0.240. The molecule has 0 aromatic heterocycles. The monoisotopic (exact) mass is 249 g/mol. The minimum Gasteiger partial charge on any atom is -0.457 e. The summed E-state index contributed by atoms with van der Waals surface area (Å²) in [5, 5.41) is 2.64. The molecule has 0 unspecified atom stereocenters. The lowest BCUT2D eigenvalue weighted by atomic mass is 10.2. The van der Waals surface area contributed by atoms with Crippen LogP contribution in [-0.2, 0) is 20.8 Å². The first-order valence-corrected chi connectivity index (χ1v) is 5.69. The van der Waals surface area contributed by atoms with Crippen molar-refractivity contribution >= 4 is 6.09 Å². The van der Waals surface area contributed by atoms with Crippen LogP contribution in [0.15, 0.2) is 42.9 Å². The molecular formula is C13H15NO4. The van der Waals surface area contributed by atoms with E-state index in [4.69, 9.17) is 14.2 Å². The van der Waals surface area contributed by atoms with Gasteiger partial charge in [-0.15, -0.1) is 0 Å². The van der Waals surface area contributed by atoms with Gasteiger partial charge >= 0.3 is 6.09 Å². The predicted octanol–water partition coefficient (Wildman–Crippen LogP) is 2.15. The van der Waals surface area contributed by atoms with Gasteiger partial charge in [0.05, 0.1) is 0 Å². The van der Waals surface area contributed by atoms with Crippen molar-refractivity contribution in [3.63, 3.8) is 0 Å². The second-order valence-electron chi connectivity index (χ2n) is 3.91. The third-order valence-electron chi connectivity index (χ3n) is 2.45. The molecule has 1 amide bonds. The van der Waals surface area contributed by atoms with Crippen LogP contribution in [0.5, 0.6) is 0 Å². The smallest absolute Gasteiger partial charge is 0.407 e. The van der Waals surface area contributed by atoms with Crippen LogP contribution in [0.3, 0.4) is 0 Å². The van der Waals surface area contributed by atoms with Crippen molar-refractivity contribution in [3.05, 3.63) is 48.4 Å². The molecule has 1 aromatic rings. The number of carbonyl (C=O) groups excluding carboxylic acids is 1. The summed E-state index contributed by atoms with van der Waals surface area (Å²) in [7, 11) is 0. The summed E-state index contributed by atoms with van der Waals surface area (Å²) in [6.07, 6.45) is 1.90. The third kappa shape index (κ3) is 3.41. The zero-order chi connectivity index (χ0) is 12.8. The maximum absolute atomic E-state index is 11.5. The van der Waals surface area contributed by atoms with Crippen LogP contribution in [0.25, 0.3) is 0 Å². The number of benzene rings is 1. The number of hydrogen-bond acceptors (Lipinski definition) is 4. The van der Waals surface area contributed by atoms with Crippen LogP contribution in [0.2, 0.25) is 0 Å². The van der Waals surface area contributed by atoms with Gasteiger partial charge in [0.15, 0.2) is 0 Å². The summed E-state index contributed by atoms with van der Waals surface area (Å²) in [6.45, 7) is 2.02. The molecule has 1 N–H and O–H groups in total. The van der Waals surface area contributed by atoms with Crippen molar-refractivity contribution < 1.29 is 19.0 Å². The lowest BCUT2D eigenvalue weighted by Gasteiger charge is -2.19. The molecule has 0 fully saturated rings. The first-order chi connectivity index (χ1) is 8.75. The Morgan fingerprint density at radius 1 is 1.33 bits per heavy atom. The lowest BCUT2D eigenvalue weighted by molar-refractivity contribution is -0.0451.